The fraction of sp³-hybridized carbons (Fsp3) is 0.0667. The van der Waals surface area contributed by atoms with E-state index in [4.69, 9.17) is 10.5 Å². The Labute approximate surface area is 133 Å². The fourth-order valence-electron chi connectivity index (χ4n) is 2.63. The molecular weight excluding hydrogens is 320 g/mol. The summed E-state index contributed by atoms with van der Waals surface area (Å²) >= 11 is -2.68. The van der Waals surface area contributed by atoms with Gasteiger partial charge in [-0.15, -0.1) is 0 Å². The molecule has 1 aliphatic carbocycles. The molecular formula is C15H11N2O5S-. The molecule has 2 aromatic carbocycles. The molecule has 0 spiro atoms. The molecule has 23 heavy (non-hydrogen) atoms. The van der Waals surface area contributed by atoms with Gasteiger partial charge in [-0.3, -0.25) is 13.8 Å². The van der Waals surface area contributed by atoms with Crippen LogP contribution in [0, 0.1) is 0 Å². The predicted molar refractivity (Wildman–Crippen MR) is 83.3 cm³/mol. The van der Waals surface area contributed by atoms with Crippen LogP contribution in [0.15, 0.2) is 30.3 Å². The Kier molecular flexibility index (Phi) is 3.63. The van der Waals surface area contributed by atoms with Crippen LogP contribution in [0.4, 0.5) is 11.4 Å². The maximum Gasteiger partial charge on any atom is 0.196 e. The summed E-state index contributed by atoms with van der Waals surface area (Å²) in [4.78, 5) is 25.4. The SMILES string of the molecule is COc1cc(NS(=O)[O-])c2c(c1N)C(=O)c1ccccc1C2=O. The van der Waals surface area contributed by atoms with Gasteiger partial charge in [0.05, 0.1) is 29.6 Å². The Morgan fingerprint density at radius 1 is 1.13 bits per heavy atom. The minimum Gasteiger partial charge on any atom is -0.755 e. The predicted octanol–water partition coefficient (Wildman–Crippen LogP) is 1.26. The number of nitrogen functional groups attached to an aromatic ring is 1. The summed E-state index contributed by atoms with van der Waals surface area (Å²) in [7, 11) is 1.33. The summed E-state index contributed by atoms with van der Waals surface area (Å²) in [6.45, 7) is 0. The second kappa shape index (κ2) is 5.49. The summed E-state index contributed by atoms with van der Waals surface area (Å²) in [6.07, 6.45) is 0. The molecule has 0 bridgehead atoms. The maximum atomic E-state index is 12.7. The fourth-order valence-corrected chi connectivity index (χ4v) is 2.97. The molecule has 7 nitrogen and oxygen atoms in total. The second-order valence-corrected chi connectivity index (χ2v) is 5.50. The molecule has 0 radical (unpaired) electrons. The summed E-state index contributed by atoms with van der Waals surface area (Å²) in [5.74, 6) is -0.818. The highest BCUT2D eigenvalue weighted by atomic mass is 32.2. The van der Waals surface area contributed by atoms with Crippen molar-refractivity contribution in [3.8, 4) is 5.75 Å². The van der Waals surface area contributed by atoms with Gasteiger partial charge in [0.25, 0.3) is 0 Å². The van der Waals surface area contributed by atoms with Crippen molar-refractivity contribution in [3.63, 3.8) is 0 Å². The van der Waals surface area contributed by atoms with Gasteiger partial charge in [-0.2, -0.15) is 0 Å². The highest BCUT2D eigenvalue weighted by Crippen LogP contribution is 2.40. The highest BCUT2D eigenvalue weighted by Gasteiger charge is 2.34. The number of methoxy groups -OCH3 is 1. The topological polar surface area (TPSA) is 122 Å². The van der Waals surface area contributed by atoms with Crippen LogP contribution in [-0.2, 0) is 11.3 Å². The number of hydrogen-bond acceptors (Lipinski definition) is 6. The van der Waals surface area contributed by atoms with E-state index >= 15 is 0 Å². The van der Waals surface area contributed by atoms with Crippen molar-refractivity contribution in [2.45, 2.75) is 0 Å². The van der Waals surface area contributed by atoms with Crippen LogP contribution >= 0.6 is 0 Å². The number of hydrogen-bond donors (Lipinski definition) is 2. The Hall–Kier alpha value is -2.71. The van der Waals surface area contributed by atoms with Gasteiger partial charge >= 0.3 is 0 Å². The minimum atomic E-state index is -2.68. The summed E-state index contributed by atoms with van der Waals surface area (Å²) in [6, 6.07) is 7.58. The molecule has 0 aliphatic heterocycles. The third kappa shape index (κ3) is 2.28. The molecule has 2 aromatic rings. The molecule has 1 unspecified atom stereocenters. The van der Waals surface area contributed by atoms with Crippen molar-refractivity contribution < 1.29 is 23.1 Å². The smallest absolute Gasteiger partial charge is 0.196 e. The lowest BCUT2D eigenvalue weighted by atomic mass is 9.82. The van der Waals surface area contributed by atoms with E-state index in [1.54, 1.807) is 12.1 Å². The quantitative estimate of drug-likeness (QED) is 0.550. The lowest BCUT2D eigenvalue weighted by Gasteiger charge is -2.24. The molecule has 0 heterocycles. The zero-order valence-corrected chi connectivity index (χ0v) is 12.7. The summed E-state index contributed by atoms with van der Waals surface area (Å²) in [5.41, 5.74) is 6.19. The number of nitrogens with two attached hydrogens (primary N) is 1. The number of carbonyl (C=O) groups is 2. The maximum absolute atomic E-state index is 12.7. The van der Waals surface area contributed by atoms with Crippen LogP contribution in [0.3, 0.4) is 0 Å². The third-order valence-corrected chi connectivity index (χ3v) is 4.00. The molecule has 0 amide bonds. The van der Waals surface area contributed by atoms with Gasteiger partial charge in [0, 0.05) is 28.5 Å². The molecule has 3 N–H and O–H groups in total. The Morgan fingerprint density at radius 3 is 2.22 bits per heavy atom. The van der Waals surface area contributed by atoms with Crippen molar-refractivity contribution in [2.24, 2.45) is 0 Å². The number of anilines is 2. The molecule has 0 saturated heterocycles. The number of ketones is 2. The van der Waals surface area contributed by atoms with Gasteiger partial charge in [-0.05, 0) is 0 Å². The van der Waals surface area contributed by atoms with Crippen LogP contribution in [0.5, 0.6) is 5.75 Å². The van der Waals surface area contributed by atoms with Gasteiger partial charge < -0.3 is 19.7 Å². The van der Waals surface area contributed by atoms with E-state index in [1.807, 2.05) is 0 Å². The molecule has 8 heteroatoms. The molecule has 0 saturated carbocycles. The Morgan fingerprint density at radius 2 is 1.70 bits per heavy atom. The van der Waals surface area contributed by atoms with E-state index < -0.39 is 22.8 Å². The van der Waals surface area contributed by atoms with E-state index in [9.17, 15) is 18.4 Å². The first-order valence-corrected chi connectivity index (χ1v) is 7.58. The molecule has 0 fully saturated rings. The minimum absolute atomic E-state index is 0.00224. The van der Waals surface area contributed by atoms with E-state index in [0.29, 0.717) is 0 Å². The number of rotatable bonds is 3. The summed E-state index contributed by atoms with van der Waals surface area (Å²) in [5, 5.41) is 0. The Bertz CT molecular complexity index is 878. The first-order valence-electron chi connectivity index (χ1n) is 6.50. The lowest BCUT2D eigenvalue weighted by Crippen LogP contribution is -2.24. The largest absolute Gasteiger partial charge is 0.755 e. The van der Waals surface area contributed by atoms with Gasteiger partial charge in [0.2, 0.25) is 0 Å². The number of fused-ring (bicyclic) bond motifs is 2. The zero-order chi connectivity index (χ0) is 16.7. The molecule has 118 valence electrons. The Balaban J connectivity index is 2.36. The van der Waals surface area contributed by atoms with Crippen molar-refractivity contribution in [1.29, 1.82) is 0 Å². The van der Waals surface area contributed by atoms with Gasteiger partial charge in [-0.1, -0.05) is 24.3 Å². The van der Waals surface area contributed by atoms with Crippen molar-refractivity contribution >= 4 is 34.2 Å². The second-order valence-electron chi connectivity index (χ2n) is 4.83. The number of nitrogens with one attached hydrogen (secondary N) is 1. The van der Waals surface area contributed by atoms with E-state index in [2.05, 4.69) is 4.72 Å². The number of benzene rings is 2. The molecule has 1 aliphatic rings. The third-order valence-electron chi connectivity index (χ3n) is 3.61. The molecule has 1 atom stereocenters. The zero-order valence-electron chi connectivity index (χ0n) is 11.9. The van der Waals surface area contributed by atoms with Gasteiger partial charge in [-0.25, -0.2) is 0 Å². The van der Waals surface area contributed by atoms with E-state index in [1.165, 1.54) is 25.3 Å². The van der Waals surface area contributed by atoms with Crippen LogP contribution in [0.25, 0.3) is 0 Å². The van der Waals surface area contributed by atoms with Crippen LogP contribution < -0.4 is 15.2 Å². The van der Waals surface area contributed by atoms with Crippen LogP contribution in [0.1, 0.15) is 31.8 Å². The van der Waals surface area contributed by atoms with Gasteiger partial charge in [0.1, 0.15) is 5.75 Å². The first kappa shape index (κ1) is 15.2. The van der Waals surface area contributed by atoms with Crippen molar-refractivity contribution in [3.05, 3.63) is 52.6 Å². The average Bonchev–Trinajstić information content (AvgIpc) is 2.53. The normalized spacial score (nSPS) is 14.0. The van der Waals surface area contributed by atoms with Crippen LogP contribution in [0.2, 0.25) is 0 Å². The number of ether oxygens (including phenoxy) is 1. The van der Waals surface area contributed by atoms with Crippen molar-refractivity contribution in [2.75, 3.05) is 17.6 Å². The summed E-state index contributed by atoms with van der Waals surface area (Å²) < 4.78 is 29.2. The van der Waals surface area contributed by atoms with Crippen LogP contribution in [-0.4, -0.2) is 27.4 Å². The van der Waals surface area contributed by atoms with E-state index in [0.717, 1.165) is 0 Å². The lowest BCUT2D eigenvalue weighted by molar-refractivity contribution is 0.0980. The standard InChI is InChI=1S/C15H12N2O5S/c1-22-10-6-9(17-23(20)21)11-12(13(10)16)15(19)8-5-3-2-4-7(8)14(11)18/h2-6,17H,16H2,1H3,(H,20,21)/p-1. The van der Waals surface area contributed by atoms with Gasteiger partial charge in [0.15, 0.2) is 11.6 Å². The highest BCUT2D eigenvalue weighted by molar-refractivity contribution is 7.80. The molecule has 3 rings (SSSR count). The van der Waals surface area contributed by atoms with Crippen molar-refractivity contribution in [1.82, 2.24) is 0 Å². The van der Waals surface area contributed by atoms with E-state index in [-0.39, 0.29) is 39.4 Å². The number of carbonyl (C=O) groups excluding carboxylic acids is 2. The monoisotopic (exact) mass is 331 g/mol. The molecule has 0 aromatic heterocycles. The first-order chi connectivity index (χ1) is 11.0. The average molecular weight is 331 g/mol.